The molecule has 1 unspecified atom stereocenters. The van der Waals surface area contributed by atoms with Gasteiger partial charge in [-0.1, -0.05) is 23.2 Å². The number of anilines is 3. The van der Waals surface area contributed by atoms with Crippen molar-refractivity contribution in [3.05, 3.63) is 76.7 Å². The molecule has 0 radical (unpaired) electrons. The topological polar surface area (TPSA) is 213 Å². The number of piperazine rings is 1. The van der Waals surface area contributed by atoms with Crippen LogP contribution in [0.5, 0.6) is 0 Å². The smallest absolute Gasteiger partial charge is 0.323 e. The maximum atomic E-state index is 13.1. The Balaban J connectivity index is 0.749. The van der Waals surface area contributed by atoms with Crippen LogP contribution in [0.4, 0.5) is 21.9 Å². The number of halogens is 1. The minimum absolute atomic E-state index is 0.119. The Morgan fingerprint density at radius 3 is 2.65 bits per heavy atom. The Hall–Kier alpha value is -6.43. The van der Waals surface area contributed by atoms with Crippen molar-refractivity contribution in [2.45, 2.75) is 64.5 Å². The molecular weight excluding hydrogens is 756 g/mol. The molecule has 2 fully saturated rings. The van der Waals surface area contributed by atoms with Crippen molar-refractivity contribution >= 4 is 64.0 Å². The molecule has 4 aromatic heterocycles. The third kappa shape index (κ3) is 7.98. The van der Waals surface area contributed by atoms with Crippen LogP contribution >= 0.6 is 11.6 Å². The summed E-state index contributed by atoms with van der Waals surface area (Å²) in [5.74, 6) is -0.142. The largest absolute Gasteiger partial charge is 0.368 e. The van der Waals surface area contributed by atoms with Crippen LogP contribution in [0.3, 0.4) is 0 Å². The van der Waals surface area contributed by atoms with Crippen molar-refractivity contribution < 1.29 is 28.5 Å². The molecule has 3 aliphatic rings. The molecule has 57 heavy (non-hydrogen) atoms. The van der Waals surface area contributed by atoms with E-state index in [9.17, 15) is 24.0 Å². The molecule has 3 N–H and O–H groups in total. The zero-order chi connectivity index (χ0) is 39.6. The quantitative estimate of drug-likeness (QED) is 0.128. The van der Waals surface area contributed by atoms with Gasteiger partial charge in [0.2, 0.25) is 29.4 Å². The normalized spacial score (nSPS) is 16.9. The second-order valence-corrected chi connectivity index (χ2v) is 14.6. The predicted octanol–water partition coefficient (Wildman–Crippen LogP) is 3.99. The van der Waals surface area contributed by atoms with E-state index in [-0.39, 0.29) is 35.0 Å². The molecule has 2 saturated heterocycles. The van der Waals surface area contributed by atoms with Crippen LogP contribution in [0, 0.1) is 6.92 Å². The zero-order valence-corrected chi connectivity index (χ0v) is 31.8. The Kier molecular flexibility index (Phi) is 10.5. The number of pyridine rings is 1. The van der Waals surface area contributed by atoms with E-state index in [2.05, 4.69) is 46.1 Å². The standard InChI is InChI=1S/C38H39ClN12O6/c1-22-28(20-40-30-11-12-42-51(22)30)44-38(56)43-24-18-27(39)34(41-19-24)35-46-32(57-47-35)5-3-2-4-6-33(53)49-15-13-48(14-16-49)25-7-8-26-23(17-25)21-50(37(26)55)29-9-10-31(52)45-36(29)54/h7-8,11-12,17-20,29H,2-6,9-10,13-16,21H2,1H3,(H2,43,44,56)(H,45,52,54). The molecule has 1 aromatic carbocycles. The van der Waals surface area contributed by atoms with Gasteiger partial charge in [-0.2, -0.15) is 10.1 Å². The monoisotopic (exact) mass is 794 g/mol. The number of amides is 6. The number of hydrogen-bond acceptors (Lipinski definition) is 12. The summed E-state index contributed by atoms with van der Waals surface area (Å²) in [5.41, 5.74) is 4.99. The van der Waals surface area contributed by atoms with Gasteiger partial charge in [-0.15, -0.1) is 0 Å². The van der Waals surface area contributed by atoms with Crippen LogP contribution in [0.25, 0.3) is 17.2 Å². The second kappa shape index (κ2) is 16.0. The first kappa shape index (κ1) is 37.5. The lowest BCUT2D eigenvalue weighted by atomic mass is 10.0. The van der Waals surface area contributed by atoms with Gasteiger partial charge in [0.25, 0.3) is 5.91 Å². The number of carbonyl (C=O) groups is 5. The molecule has 19 heteroatoms. The number of nitrogens with one attached hydrogen (secondary N) is 3. The number of urea groups is 1. The van der Waals surface area contributed by atoms with Crippen LogP contribution in [-0.4, -0.2) is 101 Å². The van der Waals surface area contributed by atoms with Gasteiger partial charge in [0.05, 0.1) is 40.7 Å². The van der Waals surface area contributed by atoms with Crippen molar-refractivity contribution in [2.24, 2.45) is 0 Å². The summed E-state index contributed by atoms with van der Waals surface area (Å²) in [4.78, 5) is 81.4. The molecule has 0 bridgehead atoms. The van der Waals surface area contributed by atoms with Gasteiger partial charge in [-0.3, -0.25) is 24.5 Å². The fourth-order valence-corrected chi connectivity index (χ4v) is 7.63. The third-order valence-corrected chi connectivity index (χ3v) is 10.8. The summed E-state index contributed by atoms with van der Waals surface area (Å²) in [7, 11) is 0. The third-order valence-electron chi connectivity index (χ3n) is 10.5. The number of unbranched alkanes of at least 4 members (excludes halogenated alkanes) is 2. The Morgan fingerprint density at radius 2 is 1.84 bits per heavy atom. The van der Waals surface area contributed by atoms with Gasteiger partial charge in [-0.05, 0) is 56.0 Å². The number of aryl methyl sites for hydroxylation is 2. The van der Waals surface area contributed by atoms with Crippen molar-refractivity contribution in [1.29, 1.82) is 0 Å². The van der Waals surface area contributed by atoms with Crippen LogP contribution in [0.15, 0.2) is 53.4 Å². The molecule has 294 valence electrons. The number of aromatic nitrogens is 6. The van der Waals surface area contributed by atoms with Crippen LogP contribution in [-0.2, 0) is 27.3 Å². The summed E-state index contributed by atoms with van der Waals surface area (Å²) < 4.78 is 7.06. The summed E-state index contributed by atoms with van der Waals surface area (Å²) in [6.45, 7) is 4.69. The van der Waals surface area contributed by atoms with Crippen LogP contribution in [0.2, 0.25) is 5.02 Å². The summed E-state index contributed by atoms with van der Waals surface area (Å²) in [5, 5.41) is 16.3. The molecule has 0 aliphatic carbocycles. The van der Waals surface area contributed by atoms with Crippen LogP contribution < -0.4 is 20.9 Å². The lowest BCUT2D eigenvalue weighted by Gasteiger charge is -2.36. The number of piperidine rings is 1. The van der Waals surface area contributed by atoms with E-state index in [0.717, 1.165) is 36.2 Å². The van der Waals surface area contributed by atoms with Crippen molar-refractivity contribution in [1.82, 2.24) is 44.8 Å². The fourth-order valence-electron chi connectivity index (χ4n) is 7.38. The highest BCUT2D eigenvalue weighted by molar-refractivity contribution is 6.33. The van der Waals surface area contributed by atoms with Crippen molar-refractivity contribution in [2.75, 3.05) is 41.7 Å². The fraction of sp³-hybridized carbons (Fsp3) is 0.368. The molecular formula is C38H39ClN12O6. The predicted molar refractivity (Wildman–Crippen MR) is 206 cm³/mol. The first-order chi connectivity index (χ1) is 27.6. The first-order valence-corrected chi connectivity index (χ1v) is 19.2. The molecule has 7 heterocycles. The van der Waals surface area contributed by atoms with Gasteiger partial charge in [0.1, 0.15) is 11.7 Å². The van der Waals surface area contributed by atoms with Crippen molar-refractivity contribution in [3.63, 3.8) is 0 Å². The molecule has 1 atom stereocenters. The van der Waals surface area contributed by atoms with E-state index < -0.39 is 18.0 Å². The minimum Gasteiger partial charge on any atom is -0.368 e. The molecule has 0 spiro atoms. The molecule has 3 aliphatic heterocycles. The number of rotatable bonds is 11. The maximum Gasteiger partial charge on any atom is 0.323 e. The maximum absolute atomic E-state index is 13.1. The average molecular weight is 795 g/mol. The number of benzene rings is 1. The van der Waals surface area contributed by atoms with E-state index >= 15 is 0 Å². The highest BCUT2D eigenvalue weighted by Crippen LogP contribution is 2.31. The van der Waals surface area contributed by atoms with E-state index in [0.29, 0.717) is 86.2 Å². The Morgan fingerprint density at radius 1 is 1.00 bits per heavy atom. The zero-order valence-electron chi connectivity index (χ0n) is 31.0. The second-order valence-electron chi connectivity index (χ2n) is 14.2. The van der Waals surface area contributed by atoms with Gasteiger partial charge < -0.3 is 29.9 Å². The molecule has 0 saturated carbocycles. The SMILES string of the molecule is Cc1c(NC(=O)Nc2cnc(-c3noc(CCCCCC(=O)N4CCN(c5ccc6c(c5)CN(C5CCC(=O)NC5=O)C6=O)CC4)n3)c(Cl)c2)cnc2ccnn12. The first-order valence-electron chi connectivity index (χ1n) is 18.8. The Bertz CT molecular complexity index is 2390. The number of fused-ring (bicyclic) bond motifs is 2. The van der Waals surface area contributed by atoms with Gasteiger partial charge in [0, 0.05) is 69.3 Å². The molecule has 6 amide bonds. The van der Waals surface area contributed by atoms with Crippen molar-refractivity contribution in [3.8, 4) is 11.5 Å². The van der Waals surface area contributed by atoms with E-state index in [1.165, 1.54) is 6.20 Å². The van der Waals surface area contributed by atoms with Gasteiger partial charge in [0.15, 0.2) is 5.65 Å². The molecule has 18 nitrogen and oxygen atoms in total. The molecule has 5 aromatic rings. The highest BCUT2D eigenvalue weighted by Gasteiger charge is 2.39. The Labute approximate surface area is 330 Å². The van der Waals surface area contributed by atoms with E-state index in [4.69, 9.17) is 16.1 Å². The number of carbonyl (C=O) groups excluding carboxylic acids is 5. The number of imide groups is 1. The van der Waals surface area contributed by atoms with Gasteiger partial charge in [-0.25, -0.2) is 19.3 Å². The molecule has 8 rings (SSSR count). The highest BCUT2D eigenvalue weighted by atomic mass is 35.5. The summed E-state index contributed by atoms with van der Waals surface area (Å²) in [6.07, 6.45) is 8.45. The van der Waals surface area contributed by atoms with E-state index in [1.54, 1.807) is 33.9 Å². The number of nitrogens with zero attached hydrogens (tertiary/aromatic N) is 9. The summed E-state index contributed by atoms with van der Waals surface area (Å²) in [6, 6.07) is 7.89. The van der Waals surface area contributed by atoms with E-state index in [1.807, 2.05) is 30.0 Å². The minimum atomic E-state index is -0.647. The lowest BCUT2D eigenvalue weighted by Crippen LogP contribution is -2.52. The van der Waals surface area contributed by atoms with Crippen LogP contribution in [0.1, 0.15) is 66.0 Å². The lowest BCUT2D eigenvalue weighted by molar-refractivity contribution is -0.137. The number of hydrogen-bond donors (Lipinski definition) is 3. The average Bonchev–Trinajstić information content (AvgIpc) is 3.95. The van der Waals surface area contributed by atoms with Gasteiger partial charge >= 0.3 is 6.03 Å². The summed E-state index contributed by atoms with van der Waals surface area (Å²) >= 11 is 6.49.